The molecule has 0 saturated carbocycles. The number of benzene rings is 1. The highest BCUT2D eigenvalue weighted by molar-refractivity contribution is 5.31. The van der Waals surface area contributed by atoms with Crippen LogP contribution in [-0.2, 0) is 6.54 Å². The monoisotopic (exact) mass is 259 g/mol. The van der Waals surface area contributed by atoms with Crippen molar-refractivity contribution in [2.75, 3.05) is 6.61 Å². The van der Waals surface area contributed by atoms with Gasteiger partial charge in [0.1, 0.15) is 11.6 Å². The lowest BCUT2D eigenvalue weighted by Crippen LogP contribution is -2.17. The van der Waals surface area contributed by atoms with Gasteiger partial charge in [-0.1, -0.05) is 19.1 Å². The average molecular weight is 259 g/mol. The Morgan fingerprint density at radius 2 is 2.00 bits per heavy atom. The predicted molar refractivity (Wildman–Crippen MR) is 76.2 cm³/mol. The van der Waals surface area contributed by atoms with Crippen molar-refractivity contribution >= 4 is 0 Å². The van der Waals surface area contributed by atoms with E-state index in [2.05, 4.69) is 16.5 Å². The lowest BCUT2D eigenvalue weighted by Gasteiger charge is -2.14. The van der Waals surface area contributed by atoms with Crippen LogP contribution >= 0.6 is 0 Å². The molecule has 1 atom stereocenters. The molecule has 0 aliphatic rings. The predicted octanol–water partition coefficient (Wildman–Crippen LogP) is 2.74. The Morgan fingerprint density at radius 1 is 1.26 bits per heavy atom. The van der Waals surface area contributed by atoms with Gasteiger partial charge >= 0.3 is 0 Å². The molecule has 102 valence electrons. The van der Waals surface area contributed by atoms with Crippen LogP contribution in [0, 0.1) is 0 Å². The number of imidazole rings is 1. The zero-order valence-electron chi connectivity index (χ0n) is 11.5. The van der Waals surface area contributed by atoms with Crippen molar-refractivity contribution in [3.8, 4) is 5.75 Å². The van der Waals surface area contributed by atoms with E-state index in [1.165, 1.54) is 0 Å². The zero-order chi connectivity index (χ0) is 13.7. The molecule has 0 aliphatic heterocycles. The summed E-state index contributed by atoms with van der Waals surface area (Å²) in [7, 11) is 0. The molecule has 19 heavy (non-hydrogen) atoms. The smallest absolute Gasteiger partial charge is 0.130 e. The number of ether oxygens (including phenoxy) is 1. The van der Waals surface area contributed by atoms with Crippen LogP contribution in [0.4, 0.5) is 0 Å². The maximum Gasteiger partial charge on any atom is 0.130 e. The lowest BCUT2D eigenvalue weighted by atomic mass is 10.1. The van der Waals surface area contributed by atoms with Crippen molar-refractivity contribution in [2.45, 2.75) is 32.9 Å². The Balaban J connectivity index is 2.18. The highest BCUT2D eigenvalue weighted by Gasteiger charge is 2.14. The molecule has 0 bridgehead atoms. The van der Waals surface area contributed by atoms with Gasteiger partial charge in [0.15, 0.2) is 0 Å². The van der Waals surface area contributed by atoms with Gasteiger partial charge in [0.25, 0.3) is 0 Å². The van der Waals surface area contributed by atoms with E-state index < -0.39 is 0 Å². The van der Waals surface area contributed by atoms with Crippen LogP contribution in [0.25, 0.3) is 0 Å². The third-order valence-electron chi connectivity index (χ3n) is 3.04. The summed E-state index contributed by atoms with van der Waals surface area (Å²) in [6.45, 7) is 5.74. The molecule has 0 aliphatic carbocycles. The molecule has 1 heterocycles. The first kappa shape index (κ1) is 13.6. The fourth-order valence-electron chi connectivity index (χ4n) is 2.12. The van der Waals surface area contributed by atoms with Gasteiger partial charge in [-0.2, -0.15) is 0 Å². The number of hydrogen-bond acceptors (Lipinski definition) is 3. The number of aryl methyl sites for hydroxylation is 1. The van der Waals surface area contributed by atoms with Crippen LogP contribution in [0.15, 0.2) is 36.7 Å². The van der Waals surface area contributed by atoms with Crippen LogP contribution in [0.3, 0.4) is 0 Å². The Bertz CT molecular complexity index is 504. The number of aromatic nitrogens is 2. The molecule has 0 fully saturated rings. The third-order valence-corrected chi connectivity index (χ3v) is 3.04. The number of hydrogen-bond donors (Lipinski definition) is 1. The largest absolute Gasteiger partial charge is 0.494 e. The van der Waals surface area contributed by atoms with E-state index in [4.69, 9.17) is 10.5 Å². The minimum atomic E-state index is -0.197. The van der Waals surface area contributed by atoms with Crippen LogP contribution in [-0.4, -0.2) is 16.2 Å². The van der Waals surface area contributed by atoms with E-state index in [0.717, 1.165) is 30.1 Å². The van der Waals surface area contributed by atoms with E-state index in [1.807, 2.05) is 37.4 Å². The second-order valence-corrected chi connectivity index (χ2v) is 4.46. The first-order valence-corrected chi connectivity index (χ1v) is 6.75. The highest BCUT2D eigenvalue weighted by atomic mass is 16.5. The maximum atomic E-state index is 6.29. The molecule has 2 N–H and O–H groups in total. The summed E-state index contributed by atoms with van der Waals surface area (Å²) in [5.41, 5.74) is 7.34. The second-order valence-electron chi connectivity index (χ2n) is 4.46. The molecule has 4 nitrogen and oxygen atoms in total. The summed E-state index contributed by atoms with van der Waals surface area (Å²) in [5, 5.41) is 0. The molecule has 1 aromatic carbocycles. The van der Waals surface area contributed by atoms with Gasteiger partial charge in [0, 0.05) is 18.9 Å². The quantitative estimate of drug-likeness (QED) is 0.867. The van der Waals surface area contributed by atoms with Crippen LogP contribution < -0.4 is 10.5 Å². The minimum Gasteiger partial charge on any atom is -0.494 e. The van der Waals surface area contributed by atoms with Gasteiger partial charge in [-0.25, -0.2) is 4.98 Å². The van der Waals surface area contributed by atoms with E-state index in [0.29, 0.717) is 6.61 Å². The van der Waals surface area contributed by atoms with Crippen LogP contribution in [0.2, 0.25) is 0 Å². The van der Waals surface area contributed by atoms with Crippen LogP contribution in [0.5, 0.6) is 5.75 Å². The van der Waals surface area contributed by atoms with Crippen molar-refractivity contribution in [1.29, 1.82) is 0 Å². The van der Waals surface area contributed by atoms with Crippen molar-refractivity contribution in [1.82, 2.24) is 9.55 Å². The first-order valence-electron chi connectivity index (χ1n) is 6.75. The Kier molecular flexibility index (Phi) is 4.58. The fourth-order valence-corrected chi connectivity index (χ4v) is 2.12. The molecular formula is C15H21N3O. The summed E-state index contributed by atoms with van der Waals surface area (Å²) in [5.74, 6) is 1.78. The summed E-state index contributed by atoms with van der Waals surface area (Å²) in [6.07, 6.45) is 4.85. The van der Waals surface area contributed by atoms with Crippen molar-refractivity contribution in [3.63, 3.8) is 0 Å². The summed E-state index contributed by atoms with van der Waals surface area (Å²) < 4.78 is 7.54. The second kappa shape index (κ2) is 6.38. The highest BCUT2D eigenvalue weighted by Crippen LogP contribution is 2.21. The Labute approximate surface area is 114 Å². The van der Waals surface area contributed by atoms with E-state index >= 15 is 0 Å². The molecule has 0 amide bonds. The molecule has 0 spiro atoms. The van der Waals surface area contributed by atoms with Crippen LogP contribution in [0.1, 0.15) is 37.7 Å². The molecule has 4 heteroatoms. The topological polar surface area (TPSA) is 53.1 Å². The number of nitrogens with two attached hydrogens (primary N) is 1. The van der Waals surface area contributed by atoms with Gasteiger partial charge in [0.2, 0.25) is 0 Å². The SMILES string of the molecule is CCCn1ccnc1C(N)c1ccc(OCC)cc1. The third kappa shape index (κ3) is 3.15. The molecule has 2 aromatic rings. The molecule has 2 rings (SSSR count). The molecule has 0 saturated heterocycles. The molecule has 0 radical (unpaired) electrons. The molecule has 1 unspecified atom stereocenters. The van der Waals surface area contributed by atoms with Crippen molar-refractivity contribution in [3.05, 3.63) is 48.0 Å². The van der Waals surface area contributed by atoms with Gasteiger partial charge in [-0.3, -0.25) is 0 Å². The van der Waals surface area contributed by atoms with Crippen molar-refractivity contribution in [2.24, 2.45) is 5.73 Å². The minimum absolute atomic E-state index is 0.197. The zero-order valence-corrected chi connectivity index (χ0v) is 11.5. The number of rotatable bonds is 6. The van der Waals surface area contributed by atoms with E-state index in [1.54, 1.807) is 6.20 Å². The fraction of sp³-hybridized carbons (Fsp3) is 0.400. The normalized spacial score (nSPS) is 12.4. The summed E-state index contributed by atoms with van der Waals surface area (Å²) in [6, 6.07) is 7.70. The summed E-state index contributed by atoms with van der Waals surface area (Å²) in [4.78, 5) is 4.38. The summed E-state index contributed by atoms with van der Waals surface area (Å²) >= 11 is 0. The van der Waals surface area contributed by atoms with E-state index in [-0.39, 0.29) is 6.04 Å². The maximum absolute atomic E-state index is 6.29. The molecular weight excluding hydrogens is 238 g/mol. The number of nitrogens with zero attached hydrogens (tertiary/aromatic N) is 2. The standard InChI is InChI=1S/C15H21N3O/c1-3-10-18-11-9-17-15(18)14(16)12-5-7-13(8-6-12)19-4-2/h5-9,11,14H,3-4,10,16H2,1-2H3. The molecule has 1 aromatic heterocycles. The lowest BCUT2D eigenvalue weighted by molar-refractivity contribution is 0.340. The first-order chi connectivity index (χ1) is 9.26. The van der Waals surface area contributed by atoms with Gasteiger partial charge < -0.3 is 15.0 Å². The average Bonchev–Trinajstić information content (AvgIpc) is 2.88. The van der Waals surface area contributed by atoms with Crippen molar-refractivity contribution < 1.29 is 4.74 Å². The Hall–Kier alpha value is -1.81. The Morgan fingerprint density at radius 3 is 2.63 bits per heavy atom. The van der Waals surface area contributed by atoms with Gasteiger partial charge in [-0.15, -0.1) is 0 Å². The van der Waals surface area contributed by atoms with Gasteiger partial charge in [-0.05, 0) is 31.0 Å². The van der Waals surface area contributed by atoms with E-state index in [9.17, 15) is 0 Å². The van der Waals surface area contributed by atoms with Gasteiger partial charge in [0.05, 0.1) is 12.6 Å².